The zero-order valence-corrected chi connectivity index (χ0v) is 17.8. The fourth-order valence-electron chi connectivity index (χ4n) is 5.13. The van der Waals surface area contributed by atoms with Gasteiger partial charge in [-0.05, 0) is 50.2 Å². The molecule has 2 aliphatic heterocycles. The first-order valence-electron chi connectivity index (χ1n) is 11.6. The van der Waals surface area contributed by atoms with Crippen LogP contribution in [0, 0.1) is 5.92 Å². The second kappa shape index (κ2) is 9.73. The van der Waals surface area contributed by atoms with Crippen LogP contribution in [0.2, 0.25) is 0 Å². The van der Waals surface area contributed by atoms with Gasteiger partial charge in [-0.25, -0.2) is 0 Å². The largest absolute Gasteiger partial charge is 0.353 e. The van der Waals surface area contributed by atoms with Crippen LogP contribution in [0.5, 0.6) is 0 Å². The van der Waals surface area contributed by atoms with E-state index in [2.05, 4.69) is 10.2 Å². The van der Waals surface area contributed by atoms with Crippen molar-refractivity contribution in [2.75, 3.05) is 26.2 Å². The Labute approximate surface area is 179 Å². The van der Waals surface area contributed by atoms with Crippen LogP contribution in [0.3, 0.4) is 0 Å². The van der Waals surface area contributed by atoms with E-state index in [4.69, 9.17) is 0 Å². The van der Waals surface area contributed by atoms with Crippen LogP contribution in [-0.2, 0) is 4.79 Å². The molecule has 1 aromatic rings. The van der Waals surface area contributed by atoms with Gasteiger partial charge in [-0.3, -0.25) is 19.3 Å². The summed E-state index contributed by atoms with van der Waals surface area (Å²) in [6, 6.07) is 7.15. The van der Waals surface area contributed by atoms with Crippen LogP contribution in [0.1, 0.15) is 78.5 Å². The molecule has 30 heavy (non-hydrogen) atoms. The van der Waals surface area contributed by atoms with Gasteiger partial charge in [-0.15, -0.1) is 0 Å². The molecule has 0 unspecified atom stereocenters. The van der Waals surface area contributed by atoms with Gasteiger partial charge in [0.15, 0.2) is 0 Å². The van der Waals surface area contributed by atoms with Crippen LogP contribution < -0.4 is 5.32 Å². The Morgan fingerprint density at radius 1 is 0.933 bits per heavy atom. The first kappa shape index (κ1) is 21.0. The number of benzene rings is 1. The molecule has 1 N–H and O–H groups in total. The Bertz CT molecular complexity index is 745. The standard InChI is InChI=1S/C24H33N3O3/c28-22(11-6-14-27-23(29)20-9-4-5-10-21(20)24(27)30)25-19-12-15-26(16-13-19)17-18-7-2-1-3-8-18/h4-5,9-10,18-19H,1-3,6-8,11-17H2,(H,25,28). The third-order valence-corrected chi connectivity index (χ3v) is 6.86. The number of amides is 3. The second-order valence-corrected chi connectivity index (χ2v) is 9.06. The van der Waals surface area contributed by atoms with E-state index in [0.29, 0.717) is 30.5 Å². The van der Waals surface area contributed by atoms with Gasteiger partial charge >= 0.3 is 0 Å². The SMILES string of the molecule is O=C(CCCN1C(=O)c2ccccc2C1=O)NC1CCN(CC2CCCCC2)CC1. The van der Waals surface area contributed by atoms with Crippen molar-refractivity contribution < 1.29 is 14.4 Å². The third kappa shape index (κ3) is 4.91. The summed E-state index contributed by atoms with van der Waals surface area (Å²) in [5.74, 6) is 0.395. The molecule has 4 rings (SSSR count). The van der Waals surface area contributed by atoms with Crippen LogP contribution in [0.4, 0.5) is 0 Å². The molecule has 1 aliphatic carbocycles. The number of likely N-dealkylation sites (tertiary alicyclic amines) is 1. The molecule has 0 spiro atoms. The summed E-state index contributed by atoms with van der Waals surface area (Å²) in [6.07, 6.45) is 9.79. The lowest BCUT2D eigenvalue weighted by molar-refractivity contribution is -0.122. The average Bonchev–Trinajstić information content (AvgIpc) is 3.01. The Morgan fingerprint density at radius 3 is 2.20 bits per heavy atom. The number of carbonyl (C=O) groups is 3. The highest BCUT2D eigenvalue weighted by Crippen LogP contribution is 2.26. The van der Waals surface area contributed by atoms with Crippen molar-refractivity contribution in [2.24, 2.45) is 5.92 Å². The van der Waals surface area contributed by atoms with E-state index in [-0.39, 0.29) is 23.8 Å². The Morgan fingerprint density at radius 2 is 1.57 bits per heavy atom. The molecule has 2 fully saturated rings. The second-order valence-electron chi connectivity index (χ2n) is 9.06. The predicted octanol–water partition coefficient (Wildman–Crippen LogP) is 3.22. The zero-order valence-electron chi connectivity index (χ0n) is 17.8. The highest BCUT2D eigenvalue weighted by atomic mass is 16.2. The number of carbonyl (C=O) groups excluding carboxylic acids is 3. The van der Waals surface area contributed by atoms with Crippen LogP contribution in [0.15, 0.2) is 24.3 Å². The molecule has 0 bridgehead atoms. The molecule has 0 radical (unpaired) electrons. The molecule has 0 atom stereocenters. The number of nitrogens with zero attached hydrogens (tertiary/aromatic N) is 2. The van der Waals surface area contributed by atoms with Crippen molar-refractivity contribution in [3.8, 4) is 0 Å². The molecule has 3 aliphatic rings. The molecule has 6 heteroatoms. The number of hydrogen-bond acceptors (Lipinski definition) is 4. The van der Waals surface area contributed by atoms with Crippen LogP contribution >= 0.6 is 0 Å². The lowest BCUT2D eigenvalue weighted by atomic mass is 9.88. The monoisotopic (exact) mass is 411 g/mol. The quantitative estimate of drug-likeness (QED) is 0.700. The van der Waals surface area contributed by atoms with Crippen molar-refractivity contribution in [3.05, 3.63) is 35.4 Å². The maximum absolute atomic E-state index is 12.4. The first-order valence-corrected chi connectivity index (χ1v) is 11.6. The molecule has 1 saturated heterocycles. The smallest absolute Gasteiger partial charge is 0.261 e. The molecule has 1 aromatic carbocycles. The maximum Gasteiger partial charge on any atom is 0.261 e. The van der Waals surface area contributed by atoms with Crippen molar-refractivity contribution in [1.29, 1.82) is 0 Å². The Balaban J connectivity index is 1.14. The number of rotatable bonds is 7. The molecule has 162 valence electrons. The highest BCUT2D eigenvalue weighted by molar-refractivity contribution is 6.21. The minimum atomic E-state index is -0.249. The van der Waals surface area contributed by atoms with Crippen molar-refractivity contribution in [2.45, 2.75) is 63.8 Å². The summed E-state index contributed by atoms with van der Waals surface area (Å²) in [7, 11) is 0. The van der Waals surface area contributed by atoms with Crippen LogP contribution in [-0.4, -0.2) is 59.7 Å². The number of hydrogen-bond donors (Lipinski definition) is 1. The molecular weight excluding hydrogens is 378 g/mol. The maximum atomic E-state index is 12.4. The van der Waals surface area contributed by atoms with Crippen LogP contribution in [0.25, 0.3) is 0 Å². The summed E-state index contributed by atoms with van der Waals surface area (Å²) in [4.78, 5) is 40.9. The van der Waals surface area contributed by atoms with E-state index < -0.39 is 0 Å². The summed E-state index contributed by atoms with van der Waals surface area (Å²) >= 11 is 0. The van der Waals surface area contributed by atoms with E-state index in [9.17, 15) is 14.4 Å². The average molecular weight is 412 g/mol. The molecule has 3 amide bonds. The van der Waals surface area contributed by atoms with Crippen molar-refractivity contribution in [3.63, 3.8) is 0 Å². The number of fused-ring (bicyclic) bond motifs is 1. The van der Waals surface area contributed by atoms with E-state index in [1.165, 1.54) is 43.5 Å². The van der Waals surface area contributed by atoms with Crippen molar-refractivity contribution in [1.82, 2.24) is 15.1 Å². The van der Waals surface area contributed by atoms with Gasteiger partial charge in [0.05, 0.1) is 11.1 Å². The van der Waals surface area contributed by atoms with E-state index in [1.54, 1.807) is 24.3 Å². The zero-order chi connectivity index (χ0) is 20.9. The van der Waals surface area contributed by atoms with Gasteiger partial charge in [-0.1, -0.05) is 31.4 Å². The summed E-state index contributed by atoms with van der Waals surface area (Å²) in [5, 5.41) is 3.15. The van der Waals surface area contributed by atoms with Gasteiger partial charge in [0.25, 0.3) is 11.8 Å². The first-order chi connectivity index (χ1) is 14.6. The molecule has 2 heterocycles. The summed E-state index contributed by atoms with van der Waals surface area (Å²) < 4.78 is 0. The molecular formula is C24H33N3O3. The number of nitrogens with one attached hydrogen (secondary N) is 1. The number of piperidine rings is 1. The van der Waals surface area contributed by atoms with E-state index >= 15 is 0 Å². The molecule has 0 aromatic heterocycles. The minimum absolute atomic E-state index is 0.0253. The molecule has 6 nitrogen and oxygen atoms in total. The van der Waals surface area contributed by atoms with Crippen molar-refractivity contribution >= 4 is 17.7 Å². The van der Waals surface area contributed by atoms with Gasteiger partial charge in [0.1, 0.15) is 0 Å². The normalized spacial score (nSPS) is 21.1. The topological polar surface area (TPSA) is 69.7 Å². The Kier molecular flexibility index (Phi) is 6.82. The molecule has 1 saturated carbocycles. The lowest BCUT2D eigenvalue weighted by Gasteiger charge is -2.35. The van der Waals surface area contributed by atoms with E-state index in [0.717, 1.165) is 31.8 Å². The Hall–Kier alpha value is -2.21. The van der Waals surface area contributed by atoms with Gasteiger partial charge in [-0.2, -0.15) is 0 Å². The minimum Gasteiger partial charge on any atom is -0.353 e. The summed E-state index contributed by atoms with van der Waals surface area (Å²) in [5.41, 5.74) is 0.930. The van der Waals surface area contributed by atoms with Gasteiger partial charge < -0.3 is 10.2 Å². The third-order valence-electron chi connectivity index (χ3n) is 6.86. The van der Waals surface area contributed by atoms with E-state index in [1.807, 2.05) is 0 Å². The van der Waals surface area contributed by atoms with Gasteiger partial charge in [0.2, 0.25) is 5.91 Å². The summed E-state index contributed by atoms with van der Waals surface area (Å²) in [6.45, 7) is 3.65. The lowest BCUT2D eigenvalue weighted by Crippen LogP contribution is -2.46. The van der Waals surface area contributed by atoms with Gasteiger partial charge in [0, 0.05) is 38.6 Å². The predicted molar refractivity (Wildman–Crippen MR) is 115 cm³/mol. The highest BCUT2D eigenvalue weighted by Gasteiger charge is 2.34. The fourth-order valence-corrected chi connectivity index (χ4v) is 5.13. The number of imide groups is 1. The fraction of sp³-hybridized carbons (Fsp3) is 0.625.